The molecule has 0 saturated carbocycles. The van der Waals surface area contributed by atoms with Crippen LogP contribution in [0, 0.1) is 0 Å². The van der Waals surface area contributed by atoms with Gasteiger partial charge >= 0.3 is 0 Å². The van der Waals surface area contributed by atoms with Crippen molar-refractivity contribution in [1.29, 1.82) is 0 Å². The van der Waals surface area contributed by atoms with Gasteiger partial charge in [-0.05, 0) is 13.8 Å². The lowest BCUT2D eigenvalue weighted by Gasteiger charge is -2.29. The highest BCUT2D eigenvalue weighted by Crippen LogP contribution is 2.36. The summed E-state index contributed by atoms with van der Waals surface area (Å²) in [6.07, 6.45) is -2.69. The number of aromatic nitrogens is 2. The van der Waals surface area contributed by atoms with Crippen molar-refractivity contribution in [2.75, 3.05) is 38.9 Å². The van der Waals surface area contributed by atoms with Gasteiger partial charge in [-0.2, -0.15) is 0 Å². The number of anilines is 1. The van der Waals surface area contributed by atoms with Gasteiger partial charge in [-0.3, -0.25) is 19.0 Å². The number of nitrogens with one attached hydrogen (secondary N) is 1. The van der Waals surface area contributed by atoms with Crippen molar-refractivity contribution in [1.82, 2.24) is 14.5 Å². The van der Waals surface area contributed by atoms with Crippen LogP contribution in [0.1, 0.15) is 43.4 Å². The Hall–Kier alpha value is -2.42. The minimum atomic E-state index is -1.31. The van der Waals surface area contributed by atoms with Gasteiger partial charge in [0.15, 0.2) is 11.9 Å². The SMILES string of the molecule is CC(=O)CCOC(OCCC(C)=O)O[C@@H]1[C@H](O)[C@@H](CO)O[C@H]1n1cnc2c1NCN(C)C2=O. The fraction of sp³-hybridized carbons (Fsp3) is 0.700. The molecule has 1 aromatic heterocycles. The summed E-state index contributed by atoms with van der Waals surface area (Å²) in [5.41, 5.74) is 0.181. The smallest absolute Gasteiger partial charge is 0.277 e. The van der Waals surface area contributed by atoms with E-state index in [1.165, 1.54) is 29.6 Å². The van der Waals surface area contributed by atoms with E-state index >= 15 is 0 Å². The molecule has 2 aliphatic rings. The second-order valence-corrected chi connectivity index (χ2v) is 7.96. The fourth-order valence-electron chi connectivity index (χ4n) is 3.42. The van der Waals surface area contributed by atoms with Gasteiger partial charge in [0.2, 0.25) is 0 Å². The summed E-state index contributed by atoms with van der Waals surface area (Å²) in [6, 6.07) is 0. The molecule has 1 amide bonds. The van der Waals surface area contributed by atoms with Crippen molar-refractivity contribution in [2.24, 2.45) is 0 Å². The lowest BCUT2D eigenvalue weighted by atomic mass is 10.1. The van der Waals surface area contributed by atoms with E-state index in [0.717, 1.165) is 0 Å². The number of imidazole rings is 1. The molecule has 0 unspecified atom stereocenters. The normalized spacial score (nSPS) is 24.8. The van der Waals surface area contributed by atoms with E-state index in [4.69, 9.17) is 18.9 Å². The third-order valence-corrected chi connectivity index (χ3v) is 5.28. The van der Waals surface area contributed by atoms with Crippen molar-refractivity contribution in [3.05, 3.63) is 12.0 Å². The van der Waals surface area contributed by atoms with E-state index in [9.17, 15) is 24.6 Å². The zero-order valence-electron chi connectivity index (χ0n) is 18.8. The standard InChI is InChI=1S/C20H30N4O9/c1-11(26)4-6-30-20(31-7-5-12(2)27)33-16-15(28)13(8-25)32-19(16)24-10-21-14-17(24)22-9-23(3)18(14)29/h10,13,15-16,19-20,22,25,28H,4-9H2,1-3H3/t13-,15-,16-,19-/m1/s1. The number of aliphatic hydroxyl groups excluding tert-OH is 2. The predicted molar refractivity (Wildman–Crippen MR) is 111 cm³/mol. The molecule has 13 nitrogen and oxygen atoms in total. The molecule has 0 bridgehead atoms. The number of carbonyl (C=O) groups excluding carboxylic acids is 3. The largest absolute Gasteiger partial charge is 0.394 e. The molecule has 184 valence electrons. The predicted octanol–water partition coefficient (Wildman–Crippen LogP) is -0.751. The van der Waals surface area contributed by atoms with Crippen LogP contribution in [0.5, 0.6) is 0 Å². The van der Waals surface area contributed by atoms with Gasteiger partial charge in [-0.15, -0.1) is 0 Å². The molecule has 0 aliphatic carbocycles. The third-order valence-electron chi connectivity index (χ3n) is 5.28. The van der Waals surface area contributed by atoms with E-state index in [1.54, 1.807) is 7.05 Å². The van der Waals surface area contributed by atoms with Crippen LogP contribution >= 0.6 is 0 Å². The monoisotopic (exact) mass is 470 g/mol. The summed E-state index contributed by atoms with van der Waals surface area (Å²) in [5, 5.41) is 23.4. The number of hydrogen-bond acceptors (Lipinski definition) is 11. The van der Waals surface area contributed by atoms with Gasteiger partial charge in [0.25, 0.3) is 12.4 Å². The van der Waals surface area contributed by atoms with Crippen LogP contribution in [0.4, 0.5) is 5.82 Å². The summed E-state index contributed by atoms with van der Waals surface area (Å²) in [7, 11) is 1.63. The first-order valence-electron chi connectivity index (χ1n) is 10.6. The third kappa shape index (κ3) is 5.93. The van der Waals surface area contributed by atoms with Gasteiger partial charge in [-0.25, -0.2) is 4.98 Å². The van der Waals surface area contributed by atoms with Crippen molar-refractivity contribution < 1.29 is 43.5 Å². The van der Waals surface area contributed by atoms with Crippen molar-refractivity contribution in [3.8, 4) is 0 Å². The molecule has 13 heteroatoms. The average Bonchev–Trinajstić information content (AvgIpc) is 3.31. The molecule has 33 heavy (non-hydrogen) atoms. The molecule has 1 aromatic rings. The first-order chi connectivity index (χ1) is 15.7. The molecular formula is C20H30N4O9. The van der Waals surface area contributed by atoms with Crippen LogP contribution < -0.4 is 5.32 Å². The minimum Gasteiger partial charge on any atom is -0.394 e. The topological polar surface area (TPSA) is 162 Å². The van der Waals surface area contributed by atoms with E-state index < -0.39 is 37.6 Å². The van der Waals surface area contributed by atoms with Crippen LogP contribution in [-0.4, -0.2) is 100 Å². The number of aliphatic hydroxyl groups is 2. The second kappa shape index (κ2) is 11.1. The van der Waals surface area contributed by atoms with Crippen LogP contribution in [-0.2, 0) is 28.5 Å². The number of carbonyl (C=O) groups is 3. The number of hydrogen-bond donors (Lipinski definition) is 3. The minimum absolute atomic E-state index is 0.000699. The summed E-state index contributed by atoms with van der Waals surface area (Å²) >= 11 is 0. The Balaban J connectivity index is 1.80. The molecule has 0 radical (unpaired) electrons. The Morgan fingerprint density at radius 1 is 1.27 bits per heavy atom. The second-order valence-electron chi connectivity index (χ2n) is 7.96. The maximum Gasteiger partial charge on any atom is 0.277 e. The van der Waals surface area contributed by atoms with Crippen molar-refractivity contribution >= 4 is 23.3 Å². The van der Waals surface area contributed by atoms with Gasteiger partial charge in [0, 0.05) is 19.9 Å². The maximum atomic E-state index is 12.4. The molecule has 1 fully saturated rings. The number of nitrogens with zero attached hydrogens (tertiary/aromatic N) is 3. The zero-order chi connectivity index (χ0) is 24.1. The van der Waals surface area contributed by atoms with Gasteiger partial charge in [0.1, 0.15) is 35.7 Å². The number of ether oxygens (including phenoxy) is 4. The lowest BCUT2D eigenvalue weighted by Crippen LogP contribution is -2.41. The van der Waals surface area contributed by atoms with E-state index in [2.05, 4.69) is 10.3 Å². The first kappa shape index (κ1) is 25.2. The summed E-state index contributed by atoms with van der Waals surface area (Å²) in [6.45, 7) is 1.28. The summed E-state index contributed by atoms with van der Waals surface area (Å²) in [4.78, 5) is 40.5. The maximum absolute atomic E-state index is 12.4. The molecule has 2 aliphatic heterocycles. The van der Waals surface area contributed by atoms with Crippen LogP contribution in [0.15, 0.2) is 6.33 Å². The van der Waals surface area contributed by atoms with Crippen molar-refractivity contribution in [3.63, 3.8) is 0 Å². The lowest BCUT2D eigenvalue weighted by molar-refractivity contribution is -0.317. The highest BCUT2D eigenvalue weighted by atomic mass is 16.9. The van der Waals surface area contributed by atoms with E-state index in [1.807, 2.05) is 0 Å². The Morgan fingerprint density at radius 2 is 1.91 bits per heavy atom. The zero-order valence-corrected chi connectivity index (χ0v) is 18.8. The van der Waals surface area contributed by atoms with Crippen LogP contribution in [0.2, 0.25) is 0 Å². The van der Waals surface area contributed by atoms with Crippen molar-refractivity contribution in [2.45, 2.75) is 57.7 Å². The number of ketones is 2. The Morgan fingerprint density at radius 3 is 2.48 bits per heavy atom. The molecule has 3 rings (SSSR count). The number of fused-ring (bicyclic) bond motifs is 1. The molecule has 1 saturated heterocycles. The van der Waals surface area contributed by atoms with Gasteiger partial charge in [0.05, 0.1) is 32.8 Å². The molecule has 3 heterocycles. The Kier molecular flexibility index (Phi) is 8.51. The number of rotatable bonds is 12. The van der Waals surface area contributed by atoms with Gasteiger partial charge < -0.3 is 39.4 Å². The quantitative estimate of drug-likeness (QED) is 0.330. The highest BCUT2D eigenvalue weighted by Gasteiger charge is 2.48. The van der Waals surface area contributed by atoms with E-state index in [0.29, 0.717) is 5.82 Å². The summed E-state index contributed by atoms with van der Waals surface area (Å²) in [5.74, 6) is -0.0827. The molecule has 4 atom stereocenters. The van der Waals surface area contributed by atoms with Gasteiger partial charge in [-0.1, -0.05) is 0 Å². The average molecular weight is 470 g/mol. The fourth-order valence-corrected chi connectivity index (χ4v) is 3.42. The Bertz CT molecular complexity index is 841. The molecular weight excluding hydrogens is 440 g/mol. The molecule has 0 spiro atoms. The first-order valence-corrected chi connectivity index (χ1v) is 10.6. The molecule has 3 N–H and O–H groups in total. The Labute approximate surface area is 190 Å². The number of amides is 1. The summed E-state index contributed by atoms with van der Waals surface area (Å²) < 4.78 is 24.2. The van der Waals surface area contributed by atoms with Crippen LogP contribution in [0.3, 0.4) is 0 Å². The highest BCUT2D eigenvalue weighted by molar-refractivity contribution is 5.98. The molecule has 0 aromatic carbocycles. The van der Waals surface area contributed by atoms with E-state index in [-0.39, 0.29) is 55.9 Å². The van der Waals surface area contributed by atoms with Crippen LogP contribution in [0.25, 0.3) is 0 Å². The number of Topliss-reactive ketones (excluding diaryl/α,β-unsaturated/α-hetero) is 2.